The van der Waals surface area contributed by atoms with E-state index in [1.54, 1.807) is 7.11 Å². The van der Waals surface area contributed by atoms with E-state index in [1.165, 1.54) is 12.8 Å². The van der Waals surface area contributed by atoms with Crippen LogP contribution >= 0.6 is 0 Å². The van der Waals surface area contributed by atoms with Gasteiger partial charge in [-0.2, -0.15) is 5.10 Å². The van der Waals surface area contributed by atoms with Crippen LogP contribution in [-0.2, 0) is 4.79 Å². The number of aromatic nitrogens is 2. The predicted molar refractivity (Wildman–Crippen MR) is 98.7 cm³/mol. The minimum Gasteiger partial charge on any atom is -0.497 e. The van der Waals surface area contributed by atoms with Gasteiger partial charge in [-0.15, -0.1) is 0 Å². The summed E-state index contributed by atoms with van der Waals surface area (Å²) in [6, 6.07) is 10.2. The molecule has 2 heterocycles. The first-order chi connectivity index (χ1) is 12.2. The molecule has 25 heavy (non-hydrogen) atoms. The molecular weight excluding hydrogens is 316 g/mol. The summed E-state index contributed by atoms with van der Waals surface area (Å²) in [5.74, 6) is 1.46. The molecule has 6 nitrogen and oxygen atoms in total. The van der Waals surface area contributed by atoms with Crippen molar-refractivity contribution in [3.63, 3.8) is 0 Å². The largest absolute Gasteiger partial charge is 0.497 e. The number of rotatable bonds is 7. The van der Waals surface area contributed by atoms with E-state index in [0.29, 0.717) is 18.3 Å². The Balaban J connectivity index is 1.47. The van der Waals surface area contributed by atoms with Crippen LogP contribution in [0.3, 0.4) is 0 Å². The molecule has 0 bridgehead atoms. The van der Waals surface area contributed by atoms with Gasteiger partial charge in [-0.05, 0) is 63.5 Å². The third-order valence-corrected chi connectivity index (χ3v) is 4.78. The molecule has 3 rings (SSSR count). The van der Waals surface area contributed by atoms with E-state index in [9.17, 15) is 4.79 Å². The predicted octanol–water partition coefficient (Wildman–Crippen LogP) is 3.29. The molecule has 1 atom stereocenters. The first kappa shape index (κ1) is 17.5. The monoisotopic (exact) mass is 342 g/mol. The van der Waals surface area contributed by atoms with Gasteiger partial charge in [0, 0.05) is 24.1 Å². The van der Waals surface area contributed by atoms with Gasteiger partial charge in [-0.3, -0.25) is 9.89 Å². The highest BCUT2D eigenvalue weighted by molar-refractivity contribution is 5.90. The molecule has 1 aliphatic rings. The molecule has 1 saturated heterocycles. The van der Waals surface area contributed by atoms with Crippen molar-refractivity contribution >= 4 is 11.7 Å². The summed E-state index contributed by atoms with van der Waals surface area (Å²) in [5, 5.41) is 10.0. The van der Waals surface area contributed by atoms with E-state index < -0.39 is 0 Å². The topological polar surface area (TPSA) is 70.2 Å². The number of ether oxygens (including phenoxy) is 1. The zero-order chi connectivity index (χ0) is 17.6. The molecule has 6 heteroatoms. The Hall–Kier alpha value is -2.34. The van der Waals surface area contributed by atoms with Crippen molar-refractivity contribution in [3.05, 3.63) is 30.3 Å². The molecule has 0 saturated carbocycles. The molecule has 1 aliphatic heterocycles. The van der Waals surface area contributed by atoms with Crippen molar-refractivity contribution < 1.29 is 9.53 Å². The molecule has 134 valence electrons. The molecule has 0 aliphatic carbocycles. The zero-order valence-electron chi connectivity index (χ0n) is 14.9. The van der Waals surface area contributed by atoms with Crippen LogP contribution in [-0.4, -0.2) is 47.2 Å². The number of carbonyl (C=O) groups is 1. The van der Waals surface area contributed by atoms with Crippen LogP contribution < -0.4 is 10.1 Å². The standard InChI is InChI=1S/C19H26N4O2/c1-14-5-3-11-23(14)12-4-6-19(24)20-18-13-17(21-22-18)15-7-9-16(25-2)10-8-15/h7-10,13-14H,3-6,11-12H2,1-2H3,(H2,20,21,22,24)/t14-/m0/s1. The summed E-state index contributed by atoms with van der Waals surface area (Å²) in [7, 11) is 1.64. The fourth-order valence-corrected chi connectivity index (χ4v) is 3.28. The van der Waals surface area contributed by atoms with E-state index in [4.69, 9.17) is 4.74 Å². The number of hydrogen-bond acceptors (Lipinski definition) is 4. The van der Waals surface area contributed by atoms with Gasteiger partial charge < -0.3 is 15.0 Å². The Labute approximate surface area is 148 Å². The molecule has 0 radical (unpaired) electrons. The molecule has 2 aromatic rings. The Morgan fingerprint density at radius 2 is 2.20 bits per heavy atom. The summed E-state index contributed by atoms with van der Waals surface area (Å²) in [4.78, 5) is 14.6. The van der Waals surface area contributed by atoms with E-state index in [-0.39, 0.29) is 5.91 Å². The SMILES string of the molecule is COc1ccc(-c2cc(NC(=O)CCCN3CCC[C@@H]3C)[nH]n2)cc1. The minimum atomic E-state index is 0.0248. The van der Waals surface area contributed by atoms with E-state index in [2.05, 4.69) is 27.3 Å². The molecule has 2 N–H and O–H groups in total. The number of methoxy groups -OCH3 is 1. The number of nitrogens with zero attached hydrogens (tertiary/aromatic N) is 2. The van der Waals surface area contributed by atoms with E-state index >= 15 is 0 Å². The second-order valence-electron chi connectivity index (χ2n) is 6.57. The maximum absolute atomic E-state index is 12.1. The van der Waals surface area contributed by atoms with Gasteiger partial charge in [0.05, 0.1) is 12.8 Å². The quantitative estimate of drug-likeness (QED) is 0.810. The number of amides is 1. The fourth-order valence-electron chi connectivity index (χ4n) is 3.28. The number of H-pyrrole nitrogens is 1. The average molecular weight is 342 g/mol. The molecule has 0 spiro atoms. The van der Waals surface area contributed by atoms with Crippen molar-refractivity contribution in [2.75, 3.05) is 25.5 Å². The average Bonchev–Trinajstić information content (AvgIpc) is 3.24. The third-order valence-electron chi connectivity index (χ3n) is 4.78. The summed E-state index contributed by atoms with van der Waals surface area (Å²) in [6.45, 7) is 4.42. The van der Waals surface area contributed by atoms with Crippen LogP contribution in [0, 0.1) is 0 Å². The maximum atomic E-state index is 12.1. The smallest absolute Gasteiger partial charge is 0.225 e. The maximum Gasteiger partial charge on any atom is 0.225 e. The van der Waals surface area contributed by atoms with Gasteiger partial charge >= 0.3 is 0 Å². The number of nitrogens with one attached hydrogen (secondary N) is 2. The number of aromatic amines is 1. The van der Waals surface area contributed by atoms with Crippen molar-refractivity contribution in [2.45, 2.75) is 38.6 Å². The number of likely N-dealkylation sites (tertiary alicyclic amines) is 1. The lowest BCUT2D eigenvalue weighted by molar-refractivity contribution is -0.116. The highest BCUT2D eigenvalue weighted by Crippen LogP contribution is 2.22. The van der Waals surface area contributed by atoms with Gasteiger partial charge in [0.15, 0.2) is 0 Å². The first-order valence-electron chi connectivity index (χ1n) is 8.89. The van der Waals surface area contributed by atoms with Gasteiger partial charge in [0.25, 0.3) is 0 Å². The minimum absolute atomic E-state index is 0.0248. The number of carbonyl (C=O) groups excluding carboxylic acids is 1. The van der Waals surface area contributed by atoms with E-state index in [1.807, 2.05) is 30.3 Å². The van der Waals surface area contributed by atoms with Crippen LogP contribution in [0.15, 0.2) is 30.3 Å². The summed E-state index contributed by atoms with van der Waals surface area (Å²) < 4.78 is 5.16. The van der Waals surface area contributed by atoms with Crippen LogP contribution in [0.25, 0.3) is 11.3 Å². The summed E-state index contributed by atoms with van der Waals surface area (Å²) in [5.41, 5.74) is 1.77. The molecular formula is C19H26N4O2. The highest BCUT2D eigenvalue weighted by Gasteiger charge is 2.19. The second-order valence-corrected chi connectivity index (χ2v) is 6.57. The molecule has 1 fully saturated rings. The Bertz CT molecular complexity index is 696. The third kappa shape index (κ3) is 4.60. The van der Waals surface area contributed by atoms with Gasteiger partial charge in [-0.25, -0.2) is 0 Å². The molecule has 1 amide bonds. The van der Waals surface area contributed by atoms with Crippen LogP contribution in [0.5, 0.6) is 5.75 Å². The number of hydrogen-bond donors (Lipinski definition) is 2. The lowest BCUT2D eigenvalue weighted by Gasteiger charge is -2.20. The van der Waals surface area contributed by atoms with Crippen LogP contribution in [0.1, 0.15) is 32.6 Å². The Morgan fingerprint density at radius 1 is 1.40 bits per heavy atom. The van der Waals surface area contributed by atoms with Gasteiger partial charge in [0.2, 0.25) is 5.91 Å². The molecule has 0 unspecified atom stereocenters. The van der Waals surface area contributed by atoms with Crippen molar-refractivity contribution in [1.29, 1.82) is 0 Å². The lowest BCUT2D eigenvalue weighted by atomic mass is 10.1. The zero-order valence-corrected chi connectivity index (χ0v) is 14.9. The Kier molecular flexibility index (Phi) is 5.71. The van der Waals surface area contributed by atoms with Crippen LogP contribution in [0.2, 0.25) is 0 Å². The van der Waals surface area contributed by atoms with E-state index in [0.717, 1.165) is 36.5 Å². The van der Waals surface area contributed by atoms with Gasteiger partial charge in [0.1, 0.15) is 11.6 Å². The highest BCUT2D eigenvalue weighted by atomic mass is 16.5. The van der Waals surface area contributed by atoms with Crippen molar-refractivity contribution in [1.82, 2.24) is 15.1 Å². The number of anilines is 1. The second kappa shape index (κ2) is 8.16. The summed E-state index contributed by atoms with van der Waals surface area (Å²) >= 11 is 0. The fraction of sp³-hybridized carbons (Fsp3) is 0.474. The normalized spacial score (nSPS) is 17.6. The van der Waals surface area contributed by atoms with Gasteiger partial charge in [-0.1, -0.05) is 0 Å². The van der Waals surface area contributed by atoms with Crippen molar-refractivity contribution in [3.8, 4) is 17.0 Å². The summed E-state index contributed by atoms with van der Waals surface area (Å²) in [6.07, 6.45) is 3.96. The Morgan fingerprint density at radius 3 is 2.88 bits per heavy atom. The molecule has 1 aromatic heterocycles. The molecule has 1 aromatic carbocycles. The first-order valence-corrected chi connectivity index (χ1v) is 8.89. The lowest BCUT2D eigenvalue weighted by Crippen LogP contribution is -2.28. The number of benzene rings is 1. The van der Waals surface area contributed by atoms with Crippen molar-refractivity contribution in [2.24, 2.45) is 0 Å². The van der Waals surface area contributed by atoms with Crippen LogP contribution in [0.4, 0.5) is 5.82 Å².